The van der Waals surface area contributed by atoms with Gasteiger partial charge in [0.25, 0.3) is 0 Å². The van der Waals surface area contributed by atoms with Crippen molar-refractivity contribution in [1.82, 2.24) is 9.55 Å². The van der Waals surface area contributed by atoms with Crippen LogP contribution in [0, 0.1) is 23.2 Å². The SMILES string of the molecule is CC1(C)C2CCC(CCn3ccnc3)C1C2.O=C(O)CCC(=O)O. The fourth-order valence-corrected chi connectivity index (χ4v) is 4.26. The minimum Gasteiger partial charge on any atom is -0.481 e. The zero-order valence-corrected chi connectivity index (χ0v) is 14.5. The topological polar surface area (TPSA) is 92.4 Å². The van der Waals surface area contributed by atoms with E-state index in [1.807, 2.05) is 12.5 Å². The number of imidazole rings is 1. The maximum absolute atomic E-state index is 9.64. The minimum atomic E-state index is -1.08. The van der Waals surface area contributed by atoms with Crippen LogP contribution in [0.1, 0.15) is 52.4 Å². The summed E-state index contributed by atoms with van der Waals surface area (Å²) in [4.78, 5) is 23.4. The van der Waals surface area contributed by atoms with Crippen molar-refractivity contribution in [2.24, 2.45) is 23.2 Å². The Balaban J connectivity index is 0.000000224. The van der Waals surface area contributed by atoms with Crippen LogP contribution in [0.2, 0.25) is 0 Å². The van der Waals surface area contributed by atoms with E-state index in [1.165, 1.54) is 25.7 Å². The predicted molar refractivity (Wildman–Crippen MR) is 89.5 cm³/mol. The second kappa shape index (κ2) is 7.81. The second-order valence-corrected chi connectivity index (χ2v) is 7.57. The van der Waals surface area contributed by atoms with Crippen molar-refractivity contribution in [3.05, 3.63) is 18.7 Å². The third-order valence-electron chi connectivity index (χ3n) is 5.87. The number of hydrogen-bond acceptors (Lipinski definition) is 3. The molecule has 4 rings (SSSR count). The van der Waals surface area contributed by atoms with Gasteiger partial charge in [-0.2, -0.15) is 0 Å². The van der Waals surface area contributed by atoms with Crippen molar-refractivity contribution >= 4 is 11.9 Å². The monoisotopic (exact) mass is 336 g/mol. The molecular formula is C18H28N2O4. The predicted octanol–water partition coefficient (Wildman–Crippen LogP) is 3.28. The molecule has 2 bridgehead atoms. The van der Waals surface area contributed by atoms with Crippen LogP contribution in [-0.2, 0) is 16.1 Å². The molecule has 6 nitrogen and oxygen atoms in total. The zero-order chi connectivity index (χ0) is 17.7. The quantitative estimate of drug-likeness (QED) is 0.831. The van der Waals surface area contributed by atoms with Crippen molar-refractivity contribution in [3.8, 4) is 0 Å². The zero-order valence-electron chi connectivity index (χ0n) is 14.5. The Labute approximate surface area is 142 Å². The number of rotatable bonds is 6. The van der Waals surface area contributed by atoms with Crippen molar-refractivity contribution in [2.75, 3.05) is 0 Å². The van der Waals surface area contributed by atoms with E-state index < -0.39 is 11.9 Å². The fraction of sp³-hybridized carbons (Fsp3) is 0.722. The maximum atomic E-state index is 9.64. The van der Waals surface area contributed by atoms with Crippen molar-refractivity contribution in [3.63, 3.8) is 0 Å². The highest BCUT2D eigenvalue weighted by Gasteiger charge is 2.53. The molecule has 0 spiro atoms. The van der Waals surface area contributed by atoms with E-state index in [0.717, 1.165) is 24.3 Å². The molecule has 0 aromatic carbocycles. The lowest BCUT2D eigenvalue weighted by molar-refractivity contribution is -0.143. The van der Waals surface area contributed by atoms with Gasteiger partial charge in [-0.25, -0.2) is 4.98 Å². The van der Waals surface area contributed by atoms with Gasteiger partial charge >= 0.3 is 11.9 Å². The molecule has 0 radical (unpaired) electrons. The van der Waals surface area contributed by atoms with Gasteiger partial charge in [-0.3, -0.25) is 9.59 Å². The van der Waals surface area contributed by atoms with Crippen molar-refractivity contribution in [2.45, 2.75) is 58.9 Å². The normalized spacial score (nSPS) is 26.7. The van der Waals surface area contributed by atoms with Gasteiger partial charge in [0, 0.05) is 18.9 Å². The van der Waals surface area contributed by atoms with Gasteiger partial charge in [0.1, 0.15) is 0 Å². The van der Waals surface area contributed by atoms with Crippen molar-refractivity contribution in [1.29, 1.82) is 0 Å². The molecule has 0 amide bonds. The molecular weight excluding hydrogens is 308 g/mol. The molecule has 3 saturated carbocycles. The summed E-state index contributed by atoms with van der Waals surface area (Å²) in [5.41, 5.74) is 0.637. The molecule has 24 heavy (non-hydrogen) atoms. The van der Waals surface area contributed by atoms with Gasteiger partial charge < -0.3 is 14.8 Å². The van der Waals surface area contributed by atoms with E-state index in [1.54, 1.807) is 0 Å². The first-order chi connectivity index (χ1) is 11.3. The van der Waals surface area contributed by atoms with Crippen LogP contribution >= 0.6 is 0 Å². The molecule has 3 fully saturated rings. The van der Waals surface area contributed by atoms with Gasteiger partial charge in [0.05, 0.1) is 19.2 Å². The first-order valence-electron chi connectivity index (χ1n) is 8.70. The van der Waals surface area contributed by atoms with Crippen LogP contribution < -0.4 is 0 Å². The van der Waals surface area contributed by atoms with E-state index >= 15 is 0 Å². The Morgan fingerprint density at radius 1 is 1.21 bits per heavy atom. The molecule has 0 aliphatic heterocycles. The van der Waals surface area contributed by atoms with Gasteiger partial charge in [-0.05, 0) is 48.9 Å². The average molecular weight is 336 g/mol. The summed E-state index contributed by atoms with van der Waals surface area (Å²) in [5.74, 6) is 0.832. The molecule has 6 heteroatoms. The Morgan fingerprint density at radius 3 is 2.33 bits per heavy atom. The Bertz CT molecular complexity index is 537. The standard InChI is InChI=1S/C14H22N2.C4H6O4/c1-14(2)12-4-3-11(13(14)9-12)5-7-16-8-6-15-10-16;5-3(6)1-2-4(7)8/h6,8,10-13H,3-5,7,9H2,1-2H3;1-2H2,(H,5,6)(H,7,8). The number of carboxylic acid groups (broad SMARTS) is 2. The molecule has 134 valence electrons. The number of hydrogen-bond donors (Lipinski definition) is 2. The third kappa shape index (κ3) is 4.58. The number of aliphatic carboxylic acids is 2. The van der Waals surface area contributed by atoms with Gasteiger partial charge in [0.15, 0.2) is 0 Å². The number of nitrogens with zero attached hydrogens (tertiary/aromatic N) is 2. The van der Waals surface area contributed by atoms with E-state index in [4.69, 9.17) is 10.2 Å². The van der Waals surface area contributed by atoms with Crippen LogP contribution in [0.25, 0.3) is 0 Å². The fourth-order valence-electron chi connectivity index (χ4n) is 4.26. The summed E-state index contributed by atoms with van der Waals surface area (Å²) in [7, 11) is 0. The Hall–Kier alpha value is -1.85. The summed E-state index contributed by atoms with van der Waals surface area (Å²) in [6.45, 7) is 6.12. The number of carbonyl (C=O) groups is 2. The molecule has 1 aromatic rings. The summed E-state index contributed by atoms with van der Waals surface area (Å²) in [6, 6.07) is 0. The number of carboxylic acids is 2. The maximum Gasteiger partial charge on any atom is 0.303 e. The van der Waals surface area contributed by atoms with Crippen LogP contribution in [0.4, 0.5) is 0 Å². The lowest BCUT2D eigenvalue weighted by Crippen LogP contribution is -2.52. The smallest absolute Gasteiger partial charge is 0.303 e. The molecule has 2 N–H and O–H groups in total. The van der Waals surface area contributed by atoms with E-state index in [-0.39, 0.29) is 12.8 Å². The van der Waals surface area contributed by atoms with E-state index in [9.17, 15) is 9.59 Å². The summed E-state index contributed by atoms with van der Waals surface area (Å²) < 4.78 is 2.22. The molecule has 1 aromatic heterocycles. The van der Waals surface area contributed by atoms with Gasteiger partial charge in [0.2, 0.25) is 0 Å². The highest BCUT2D eigenvalue weighted by atomic mass is 16.4. The lowest BCUT2D eigenvalue weighted by atomic mass is 9.45. The van der Waals surface area contributed by atoms with E-state index in [2.05, 4.69) is 29.6 Å². The van der Waals surface area contributed by atoms with Crippen LogP contribution in [-0.4, -0.2) is 31.7 Å². The molecule has 0 saturated heterocycles. The van der Waals surface area contributed by atoms with Gasteiger partial charge in [-0.1, -0.05) is 13.8 Å². The molecule has 3 atom stereocenters. The van der Waals surface area contributed by atoms with Crippen LogP contribution in [0.3, 0.4) is 0 Å². The number of aryl methyl sites for hydroxylation is 1. The number of fused-ring (bicyclic) bond motifs is 2. The number of aromatic nitrogens is 2. The Kier molecular flexibility index (Phi) is 6.02. The first kappa shape index (κ1) is 18.5. The third-order valence-corrected chi connectivity index (χ3v) is 5.87. The van der Waals surface area contributed by atoms with Crippen molar-refractivity contribution < 1.29 is 19.8 Å². The average Bonchev–Trinajstić information content (AvgIpc) is 3.05. The molecule has 3 aliphatic rings. The van der Waals surface area contributed by atoms with Crippen LogP contribution in [0.5, 0.6) is 0 Å². The van der Waals surface area contributed by atoms with Crippen LogP contribution in [0.15, 0.2) is 18.7 Å². The summed E-state index contributed by atoms with van der Waals surface area (Å²) >= 11 is 0. The lowest BCUT2D eigenvalue weighted by Gasteiger charge is -2.60. The molecule has 3 unspecified atom stereocenters. The highest BCUT2D eigenvalue weighted by molar-refractivity contribution is 5.75. The summed E-state index contributed by atoms with van der Waals surface area (Å²) in [5, 5.41) is 15.8. The first-order valence-corrected chi connectivity index (χ1v) is 8.70. The largest absolute Gasteiger partial charge is 0.481 e. The van der Waals surface area contributed by atoms with Gasteiger partial charge in [-0.15, -0.1) is 0 Å². The second-order valence-electron chi connectivity index (χ2n) is 7.57. The van der Waals surface area contributed by atoms with E-state index in [0.29, 0.717) is 5.41 Å². The Morgan fingerprint density at radius 2 is 1.88 bits per heavy atom. The molecule has 3 aliphatic carbocycles. The highest BCUT2D eigenvalue weighted by Crippen LogP contribution is 2.62. The molecule has 1 heterocycles. The minimum absolute atomic E-state index is 0.296. The summed E-state index contributed by atoms with van der Waals surface area (Å²) in [6.07, 6.45) is 11.1.